The minimum Gasteiger partial charge on any atom is -0.493 e. The van der Waals surface area contributed by atoms with E-state index in [1.54, 1.807) is 4.52 Å². The molecule has 0 atom stereocenters. The van der Waals surface area contributed by atoms with Crippen LogP contribution >= 0.6 is 0 Å². The fraction of sp³-hybridized carbons (Fsp3) is 0.312. The van der Waals surface area contributed by atoms with Gasteiger partial charge in [-0.1, -0.05) is 19.1 Å². The first-order valence-electron chi connectivity index (χ1n) is 7.36. The quantitative estimate of drug-likeness (QED) is 0.802. The Labute approximate surface area is 127 Å². The number of ether oxygens (including phenoxy) is 1. The largest absolute Gasteiger partial charge is 0.493 e. The summed E-state index contributed by atoms with van der Waals surface area (Å²) in [6, 6.07) is 7.53. The fourth-order valence-electron chi connectivity index (χ4n) is 2.53. The highest BCUT2D eigenvalue weighted by molar-refractivity contribution is 5.64. The molecule has 0 fully saturated rings. The van der Waals surface area contributed by atoms with E-state index in [1.165, 1.54) is 0 Å². The van der Waals surface area contributed by atoms with E-state index in [2.05, 4.69) is 15.1 Å². The first-order valence-corrected chi connectivity index (χ1v) is 7.36. The van der Waals surface area contributed by atoms with E-state index in [4.69, 9.17) is 4.74 Å². The van der Waals surface area contributed by atoms with E-state index in [-0.39, 0.29) is 5.56 Å². The first kappa shape index (κ1) is 14.3. The standard InChI is InChI=1S/C16H18N4O2/c1-4-13-17-10(3)14-16(21)18-15(19-20(13)14)11-8-6-7-9-12(11)22-5-2/h6-9H,4-5H2,1-3H3,(H,18,19,21). The first-order chi connectivity index (χ1) is 10.7. The van der Waals surface area contributed by atoms with Crippen LogP contribution in [0.15, 0.2) is 29.1 Å². The summed E-state index contributed by atoms with van der Waals surface area (Å²) in [5, 5.41) is 4.56. The van der Waals surface area contributed by atoms with Crippen LogP contribution in [0.3, 0.4) is 0 Å². The SMILES string of the molecule is CCOc1ccccc1-c1nn2c(CC)nc(C)c2c(=O)[nH]1. The molecule has 3 aromatic rings. The number of para-hydroxylation sites is 1. The van der Waals surface area contributed by atoms with Crippen molar-refractivity contribution in [2.45, 2.75) is 27.2 Å². The van der Waals surface area contributed by atoms with Gasteiger partial charge >= 0.3 is 0 Å². The number of nitrogens with zero attached hydrogens (tertiary/aromatic N) is 3. The molecule has 2 heterocycles. The molecular weight excluding hydrogens is 280 g/mol. The molecule has 0 aliphatic rings. The van der Waals surface area contributed by atoms with E-state index in [0.717, 1.165) is 11.4 Å². The van der Waals surface area contributed by atoms with E-state index in [0.29, 0.717) is 35.8 Å². The van der Waals surface area contributed by atoms with E-state index in [9.17, 15) is 4.79 Å². The molecule has 1 N–H and O–H groups in total. The van der Waals surface area contributed by atoms with Crippen molar-refractivity contribution < 1.29 is 4.74 Å². The Morgan fingerprint density at radius 1 is 1.27 bits per heavy atom. The molecule has 0 saturated carbocycles. The van der Waals surface area contributed by atoms with Crippen LogP contribution in [0.5, 0.6) is 5.75 Å². The molecule has 0 saturated heterocycles. The van der Waals surface area contributed by atoms with Crippen molar-refractivity contribution >= 4 is 5.52 Å². The van der Waals surface area contributed by atoms with Crippen LogP contribution in [0.1, 0.15) is 25.4 Å². The molecule has 0 radical (unpaired) electrons. The lowest BCUT2D eigenvalue weighted by Gasteiger charge is -2.09. The Morgan fingerprint density at radius 2 is 2.05 bits per heavy atom. The molecule has 1 aromatic carbocycles. The maximum absolute atomic E-state index is 12.4. The number of hydrogen-bond donors (Lipinski definition) is 1. The van der Waals surface area contributed by atoms with Crippen molar-refractivity contribution in [2.75, 3.05) is 6.61 Å². The molecular formula is C16H18N4O2. The Kier molecular flexibility index (Phi) is 3.66. The molecule has 3 rings (SSSR count). The Balaban J connectivity index is 2.27. The molecule has 0 spiro atoms. The van der Waals surface area contributed by atoms with Gasteiger partial charge in [-0.15, -0.1) is 5.10 Å². The second-order valence-corrected chi connectivity index (χ2v) is 4.96. The zero-order valence-electron chi connectivity index (χ0n) is 12.9. The van der Waals surface area contributed by atoms with Gasteiger partial charge in [-0.05, 0) is 26.0 Å². The number of imidazole rings is 1. The second kappa shape index (κ2) is 5.63. The summed E-state index contributed by atoms with van der Waals surface area (Å²) >= 11 is 0. The van der Waals surface area contributed by atoms with Gasteiger partial charge in [0, 0.05) is 6.42 Å². The highest BCUT2D eigenvalue weighted by Gasteiger charge is 2.15. The van der Waals surface area contributed by atoms with Gasteiger partial charge in [0.15, 0.2) is 11.3 Å². The summed E-state index contributed by atoms with van der Waals surface area (Å²) in [6.07, 6.45) is 0.706. The van der Waals surface area contributed by atoms with Crippen molar-refractivity contribution in [2.24, 2.45) is 0 Å². The van der Waals surface area contributed by atoms with Gasteiger partial charge < -0.3 is 9.72 Å². The number of H-pyrrole nitrogens is 1. The number of aryl methyl sites for hydroxylation is 2. The fourth-order valence-corrected chi connectivity index (χ4v) is 2.53. The molecule has 0 bridgehead atoms. The second-order valence-electron chi connectivity index (χ2n) is 4.96. The molecule has 6 nitrogen and oxygen atoms in total. The number of fused-ring (bicyclic) bond motifs is 1. The topological polar surface area (TPSA) is 72.3 Å². The van der Waals surface area contributed by atoms with Gasteiger partial charge in [-0.3, -0.25) is 4.79 Å². The third-order valence-corrected chi connectivity index (χ3v) is 3.50. The van der Waals surface area contributed by atoms with Gasteiger partial charge in [0.1, 0.15) is 11.6 Å². The number of rotatable bonds is 4. The van der Waals surface area contributed by atoms with E-state index in [1.807, 2.05) is 45.0 Å². The van der Waals surface area contributed by atoms with Crippen molar-refractivity contribution in [3.8, 4) is 17.1 Å². The molecule has 0 amide bonds. The summed E-state index contributed by atoms with van der Waals surface area (Å²) < 4.78 is 7.25. The lowest BCUT2D eigenvalue weighted by molar-refractivity contribution is 0.341. The van der Waals surface area contributed by atoms with Crippen LogP contribution in [0.25, 0.3) is 16.9 Å². The van der Waals surface area contributed by atoms with Gasteiger partial charge in [-0.25, -0.2) is 9.50 Å². The third-order valence-electron chi connectivity index (χ3n) is 3.50. The normalized spacial score (nSPS) is 11.0. The highest BCUT2D eigenvalue weighted by Crippen LogP contribution is 2.26. The van der Waals surface area contributed by atoms with Crippen LogP contribution in [0.2, 0.25) is 0 Å². The zero-order chi connectivity index (χ0) is 15.7. The summed E-state index contributed by atoms with van der Waals surface area (Å²) in [4.78, 5) is 19.6. The average molecular weight is 298 g/mol. The van der Waals surface area contributed by atoms with Crippen molar-refractivity contribution in [1.82, 2.24) is 19.6 Å². The molecule has 2 aromatic heterocycles. The Bertz CT molecular complexity index is 879. The van der Waals surface area contributed by atoms with Crippen molar-refractivity contribution in [3.63, 3.8) is 0 Å². The van der Waals surface area contributed by atoms with Gasteiger partial charge in [-0.2, -0.15) is 0 Å². The summed E-state index contributed by atoms with van der Waals surface area (Å²) in [7, 11) is 0. The van der Waals surface area contributed by atoms with Crippen LogP contribution in [0.4, 0.5) is 0 Å². The van der Waals surface area contributed by atoms with Gasteiger partial charge in [0.05, 0.1) is 17.9 Å². The molecule has 22 heavy (non-hydrogen) atoms. The molecule has 114 valence electrons. The van der Waals surface area contributed by atoms with Crippen molar-refractivity contribution in [1.29, 1.82) is 0 Å². The number of aromatic nitrogens is 4. The number of benzene rings is 1. The maximum Gasteiger partial charge on any atom is 0.277 e. The van der Waals surface area contributed by atoms with Crippen molar-refractivity contribution in [3.05, 3.63) is 46.1 Å². The minimum atomic E-state index is -0.194. The lowest BCUT2D eigenvalue weighted by atomic mass is 10.2. The third kappa shape index (κ3) is 2.26. The van der Waals surface area contributed by atoms with E-state index >= 15 is 0 Å². The smallest absolute Gasteiger partial charge is 0.277 e. The van der Waals surface area contributed by atoms with Crippen LogP contribution in [0, 0.1) is 6.92 Å². The van der Waals surface area contributed by atoms with E-state index < -0.39 is 0 Å². The predicted octanol–water partition coefficient (Wildman–Crippen LogP) is 2.35. The zero-order valence-corrected chi connectivity index (χ0v) is 12.9. The summed E-state index contributed by atoms with van der Waals surface area (Å²) in [5.41, 5.74) is 1.75. The molecule has 0 aliphatic heterocycles. The Hall–Kier alpha value is -2.63. The molecule has 0 unspecified atom stereocenters. The molecule has 6 heteroatoms. The van der Waals surface area contributed by atoms with Crippen LogP contribution in [-0.2, 0) is 6.42 Å². The minimum absolute atomic E-state index is 0.194. The average Bonchev–Trinajstić information content (AvgIpc) is 2.85. The van der Waals surface area contributed by atoms with Crippen LogP contribution in [-0.4, -0.2) is 26.2 Å². The van der Waals surface area contributed by atoms with Gasteiger partial charge in [0.2, 0.25) is 0 Å². The van der Waals surface area contributed by atoms with Gasteiger partial charge in [0.25, 0.3) is 5.56 Å². The molecule has 0 aliphatic carbocycles. The number of aromatic amines is 1. The van der Waals surface area contributed by atoms with Crippen LogP contribution < -0.4 is 10.3 Å². The highest BCUT2D eigenvalue weighted by atomic mass is 16.5. The maximum atomic E-state index is 12.4. The number of hydrogen-bond acceptors (Lipinski definition) is 4. The predicted molar refractivity (Wildman–Crippen MR) is 84.3 cm³/mol. The lowest BCUT2D eigenvalue weighted by Crippen LogP contribution is -2.15. The monoisotopic (exact) mass is 298 g/mol. The Morgan fingerprint density at radius 3 is 2.77 bits per heavy atom. The summed E-state index contributed by atoms with van der Waals surface area (Å²) in [6.45, 7) is 6.28. The summed E-state index contributed by atoms with van der Waals surface area (Å²) in [5.74, 6) is 1.95. The number of nitrogens with one attached hydrogen (secondary N) is 1.